The number of rotatable bonds is 56. The van der Waals surface area contributed by atoms with Crippen molar-refractivity contribution in [1.82, 2.24) is 0 Å². The molecule has 12 heteroatoms. The van der Waals surface area contributed by atoms with Crippen LogP contribution in [0.5, 0.6) is 0 Å². The van der Waals surface area contributed by atoms with Crippen molar-refractivity contribution in [3.05, 3.63) is 24.3 Å². The van der Waals surface area contributed by atoms with Gasteiger partial charge in [-0.05, 0) is 70.6 Å². The largest absolute Gasteiger partial charge is 0.479 e. The summed E-state index contributed by atoms with van der Waals surface area (Å²) in [5.74, 6) is -3.09. The van der Waals surface area contributed by atoms with Crippen LogP contribution in [0.15, 0.2) is 24.3 Å². The molecule has 450 valence electrons. The van der Waals surface area contributed by atoms with Crippen LogP contribution >= 0.6 is 0 Å². The molecule has 6 unspecified atom stereocenters. The van der Waals surface area contributed by atoms with Crippen molar-refractivity contribution in [3.63, 3.8) is 0 Å². The van der Waals surface area contributed by atoms with Gasteiger partial charge in [0.2, 0.25) is 0 Å². The molecule has 0 aromatic rings. The van der Waals surface area contributed by atoms with Gasteiger partial charge in [-0.15, -0.1) is 0 Å². The zero-order valence-corrected chi connectivity index (χ0v) is 49.7. The molecule has 1 saturated heterocycles. The molecule has 0 saturated carbocycles. The van der Waals surface area contributed by atoms with E-state index < -0.39 is 67.3 Å². The van der Waals surface area contributed by atoms with Gasteiger partial charge in [0.05, 0.1) is 6.61 Å². The monoisotopic (exact) mass is 1090 g/mol. The third-order valence-electron chi connectivity index (χ3n) is 15.0. The summed E-state index contributed by atoms with van der Waals surface area (Å²) >= 11 is 0. The Labute approximate surface area is 470 Å². The third-order valence-corrected chi connectivity index (χ3v) is 15.0. The summed E-state index contributed by atoms with van der Waals surface area (Å²) in [6.07, 6.45) is 49.9. The SMILES string of the molecule is CCCCCCCC/C=C\CCCCCCCCCC(=O)OCC(COC1OC(C(=O)O)C(O)C(O)C1OC(=O)CCCCCCCCC/C=C\CCCCCCCC)OC(=O)CCCCCCCCCCCCCCC. The Kier molecular flexibility index (Phi) is 50.5. The van der Waals surface area contributed by atoms with E-state index in [1.54, 1.807) is 0 Å². The predicted molar refractivity (Wildman–Crippen MR) is 313 cm³/mol. The molecule has 0 aromatic carbocycles. The van der Waals surface area contributed by atoms with E-state index in [2.05, 4.69) is 45.1 Å². The molecular weight excluding hydrogens is 973 g/mol. The highest BCUT2D eigenvalue weighted by Gasteiger charge is 2.50. The van der Waals surface area contributed by atoms with Crippen LogP contribution in [0.2, 0.25) is 0 Å². The molecule has 1 aliphatic rings. The van der Waals surface area contributed by atoms with Crippen LogP contribution in [0, 0.1) is 0 Å². The Balaban J connectivity index is 2.64. The quantitative estimate of drug-likeness (QED) is 0.0228. The van der Waals surface area contributed by atoms with E-state index in [-0.39, 0.29) is 25.9 Å². The van der Waals surface area contributed by atoms with Gasteiger partial charge in [0.25, 0.3) is 0 Å². The number of aliphatic carboxylic acids is 1. The maximum absolute atomic E-state index is 13.2. The normalized spacial score (nSPS) is 18.1. The van der Waals surface area contributed by atoms with Crippen LogP contribution in [0.4, 0.5) is 0 Å². The average molecular weight is 1090 g/mol. The summed E-state index contributed by atoms with van der Waals surface area (Å²) in [5, 5.41) is 31.6. The van der Waals surface area contributed by atoms with Crippen LogP contribution in [0.25, 0.3) is 0 Å². The first kappa shape index (κ1) is 72.2. The number of carbonyl (C=O) groups excluding carboxylic acids is 3. The molecule has 0 amide bonds. The lowest BCUT2D eigenvalue weighted by Crippen LogP contribution is -2.61. The van der Waals surface area contributed by atoms with Crippen molar-refractivity contribution >= 4 is 23.9 Å². The standard InChI is InChI=1S/C65H118O12/c1-4-7-10-13-16-19-22-25-27-29-31-34-36-39-42-45-48-51-57(66)73-54-56(75-58(67)52-49-46-43-40-37-33-24-21-18-15-12-9-6-3)55-74-65-63(61(70)60(69)62(77-65)64(71)72)76-59(68)53-50-47-44-41-38-35-32-30-28-26-23-20-17-14-11-8-5-2/h25-28,56,60-63,65,69-70H,4-24,29-55H2,1-3H3,(H,71,72)/b27-25-,28-26-. The van der Waals surface area contributed by atoms with Crippen LogP contribution < -0.4 is 0 Å². The molecule has 6 atom stereocenters. The number of unbranched alkanes of at least 4 members (excludes halogenated alkanes) is 38. The molecule has 1 rings (SSSR count). The van der Waals surface area contributed by atoms with Gasteiger partial charge in [-0.3, -0.25) is 14.4 Å². The first-order chi connectivity index (χ1) is 37.6. The highest BCUT2D eigenvalue weighted by molar-refractivity contribution is 5.74. The molecule has 0 spiro atoms. The van der Waals surface area contributed by atoms with Crippen molar-refractivity contribution < 1.29 is 58.2 Å². The Morgan fingerprint density at radius 1 is 0.416 bits per heavy atom. The molecule has 0 aromatic heterocycles. The van der Waals surface area contributed by atoms with Crippen molar-refractivity contribution in [2.45, 2.75) is 353 Å². The van der Waals surface area contributed by atoms with Gasteiger partial charge in [0, 0.05) is 19.3 Å². The van der Waals surface area contributed by atoms with E-state index in [9.17, 15) is 34.5 Å². The van der Waals surface area contributed by atoms with Crippen LogP contribution in [0.3, 0.4) is 0 Å². The second-order valence-corrected chi connectivity index (χ2v) is 22.4. The van der Waals surface area contributed by atoms with E-state index in [0.29, 0.717) is 19.3 Å². The fraction of sp³-hybridized carbons (Fsp3) is 0.877. The van der Waals surface area contributed by atoms with Crippen LogP contribution in [-0.4, -0.2) is 89.2 Å². The summed E-state index contributed by atoms with van der Waals surface area (Å²) < 4.78 is 28.5. The smallest absolute Gasteiger partial charge is 0.335 e. The molecule has 0 bridgehead atoms. The molecule has 12 nitrogen and oxygen atoms in total. The number of esters is 3. The number of allylic oxidation sites excluding steroid dienone is 4. The highest BCUT2D eigenvalue weighted by Crippen LogP contribution is 2.27. The maximum Gasteiger partial charge on any atom is 0.335 e. The summed E-state index contributed by atoms with van der Waals surface area (Å²) in [6.45, 7) is 6.02. The fourth-order valence-corrected chi connectivity index (χ4v) is 10.0. The first-order valence-corrected chi connectivity index (χ1v) is 32.3. The van der Waals surface area contributed by atoms with Crippen molar-refractivity contribution in [3.8, 4) is 0 Å². The van der Waals surface area contributed by atoms with Gasteiger partial charge >= 0.3 is 23.9 Å². The molecule has 3 N–H and O–H groups in total. The minimum Gasteiger partial charge on any atom is -0.479 e. The lowest BCUT2D eigenvalue weighted by Gasteiger charge is -2.40. The number of aliphatic hydroxyl groups is 2. The highest BCUT2D eigenvalue weighted by atomic mass is 16.7. The molecule has 1 fully saturated rings. The van der Waals surface area contributed by atoms with E-state index in [0.717, 1.165) is 77.0 Å². The van der Waals surface area contributed by atoms with E-state index in [1.807, 2.05) is 0 Å². The topological polar surface area (TPSA) is 175 Å². The number of hydrogen-bond acceptors (Lipinski definition) is 11. The minimum atomic E-state index is -1.90. The third kappa shape index (κ3) is 43.7. The fourth-order valence-electron chi connectivity index (χ4n) is 10.0. The summed E-state index contributed by atoms with van der Waals surface area (Å²) in [5.41, 5.74) is 0. The Morgan fingerprint density at radius 3 is 1.10 bits per heavy atom. The number of hydrogen-bond donors (Lipinski definition) is 3. The van der Waals surface area contributed by atoms with E-state index in [1.165, 1.54) is 180 Å². The molecule has 1 aliphatic heterocycles. The first-order valence-electron chi connectivity index (χ1n) is 32.3. The van der Waals surface area contributed by atoms with Gasteiger partial charge in [0.15, 0.2) is 24.6 Å². The summed E-state index contributed by atoms with van der Waals surface area (Å²) in [6, 6.07) is 0. The Hall–Kier alpha value is -2.80. The zero-order valence-electron chi connectivity index (χ0n) is 49.7. The second kappa shape index (κ2) is 53.8. The van der Waals surface area contributed by atoms with Crippen molar-refractivity contribution in [1.29, 1.82) is 0 Å². The van der Waals surface area contributed by atoms with E-state index in [4.69, 9.17) is 23.7 Å². The minimum absolute atomic E-state index is 0.0600. The van der Waals surface area contributed by atoms with Crippen LogP contribution in [0.1, 0.15) is 316 Å². The summed E-state index contributed by atoms with van der Waals surface area (Å²) in [7, 11) is 0. The summed E-state index contributed by atoms with van der Waals surface area (Å²) in [4.78, 5) is 51.2. The second-order valence-electron chi connectivity index (χ2n) is 22.4. The van der Waals surface area contributed by atoms with Gasteiger partial charge < -0.3 is 39.0 Å². The number of ether oxygens (including phenoxy) is 5. The number of carboxylic acid groups (broad SMARTS) is 1. The lowest BCUT2D eigenvalue weighted by molar-refractivity contribution is -0.301. The maximum atomic E-state index is 13.2. The Morgan fingerprint density at radius 2 is 0.740 bits per heavy atom. The number of carbonyl (C=O) groups is 4. The number of carboxylic acids is 1. The molecule has 77 heavy (non-hydrogen) atoms. The Bertz CT molecular complexity index is 1430. The lowest BCUT2D eigenvalue weighted by atomic mass is 9.98. The van der Waals surface area contributed by atoms with Crippen molar-refractivity contribution in [2.75, 3.05) is 13.2 Å². The molecular formula is C65H118O12. The van der Waals surface area contributed by atoms with Gasteiger partial charge in [-0.25, -0.2) is 4.79 Å². The predicted octanol–water partition coefficient (Wildman–Crippen LogP) is 17.0. The molecule has 0 radical (unpaired) electrons. The van der Waals surface area contributed by atoms with E-state index >= 15 is 0 Å². The van der Waals surface area contributed by atoms with Crippen LogP contribution in [-0.2, 0) is 42.9 Å². The molecule has 0 aliphatic carbocycles. The van der Waals surface area contributed by atoms with Gasteiger partial charge in [-0.1, -0.05) is 251 Å². The molecule has 1 heterocycles. The van der Waals surface area contributed by atoms with Gasteiger partial charge in [-0.2, -0.15) is 0 Å². The number of aliphatic hydroxyl groups excluding tert-OH is 2. The van der Waals surface area contributed by atoms with Crippen molar-refractivity contribution in [2.24, 2.45) is 0 Å². The average Bonchev–Trinajstić information content (AvgIpc) is 3.42. The van der Waals surface area contributed by atoms with Gasteiger partial charge in [0.1, 0.15) is 18.8 Å². The zero-order chi connectivity index (χ0) is 56.1.